The lowest BCUT2D eigenvalue weighted by atomic mass is 9.75. The van der Waals surface area contributed by atoms with E-state index in [9.17, 15) is 4.79 Å². The van der Waals surface area contributed by atoms with E-state index >= 15 is 0 Å². The molecule has 1 amide bonds. The number of benzene rings is 1. The van der Waals surface area contributed by atoms with E-state index in [2.05, 4.69) is 52.3 Å². The molecule has 1 unspecified atom stereocenters. The summed E-state index contributed by atoms with van der Waals surface area (Å²) in [5, 5.41) is 8.70. The third kappa shape index (κ3) is 4.73. The SMILES string of the molecule is C=CCN(C)C(=O)[C@H]1CN2CC[C@@H]1C[C@@H]2Cn1cc(CSc2ccccc2)nn1. The van der Waals surface area contributed by atoms with Gasteiger partial charge in [0.1, 0.15) is 0 Å². The molecule has 3 saturated heterocycles. The Morgan fingerprint density at radius 1 is 1.38 bits per heavy atom. The molecule has 1 aromatic heterocycles. The van der Waals surface area contributed by atoms with Gasteiger partial charge >= 0.3 is 0 Å². The van der Waals surface area contributed by atoms with Crippen molar-refractivity contribution in [3.05, 3.63) is 54.9 Å². The van der Waals surface area contributed by atoms with Crippen molar-refractivity contribution >= 4 is 17.7 Å². The van der Waals surface area contributed by atoms with Gasteiger partial charge in [-0.05, 0) is 37.4 Å². The maximum absolute atomic E-state index is 12.8. The number of hydrogen-bond acceptors (Lipinski definition) is 5. The topological polar surface area (TPSA) is 54.3 Å². The smallest absolute Gasteiger partial charge is 0.227 e. The molecule has 6 nitrogen and oxygen atoms in total. The molecule has 4 atom stereocenters. The molecule has 0 spiro atoms. The Hall–Kier alpha value is -2.12. The number of rotatable bonds is 8. The summed E-state index contributed by atoms with van der Waals surface area (Å²) < 4.78 is 1.98. The molecule has 2 aromatic rings. The molecule has 29 heavy (non-hydrogen) atoms. The number of piperidine rings is 3. The van der Waals surface area contributed by atoms with Gasteiger partial charge in [0.25, 0.3) is 0 Å². The summed E-state index contributed by atoms with van der Waals surface area (Å²) in [4.78, 5) is 18.3. The van der Waals surface area contributed by atoms with Crippen molar-refractivity contribution in [2.75, 3.05) is 26.7 Å². The predicted molar refractivity (Wildman–Crippen MR) is 115 cm³/mol. The minimum absolute atomic E-state index is 0.124. The fraction of sp³-hybridized carbons (Fsp3) is 0.500. The van der Waals surface area contributed by atoms with Gasteiger partial charge in [-0.15, -0.1) is 23.4 Å². The Labute approximate surface area is 176 Å². The zero-order chi connectivity index (χ0) is 20.2. The van der Waals surface area contributed by atoms with Crippen LogP contribution in [-0.2, 0) is 17.1 Å². The molecule has 0 aliphatic carbocycles. The van der Waals surface area contributed by atoms with E-state index in [1.54, 1.807) is 17.8 Å². The molecule has 0 radical (unpaired) electrons. The number of hydrogen-bond donors (Lipinski definition) is 0. The third-order valence-electron chi connectivity index (χ3n) is 6.09. The van der Waals surface area contributed by atoms with Crippen LogP contribution in [0.15, 0.2) is 54.1 Å². The van der Waals surface area contributed by atoms with Crippen LogP contribution in [0.3, 0.4) is 0 Å². The highest BCUT2D eigenvalue weighted by Gasteiger charge is 2.43. The zero-order valence-corrected chi connectivity index (χ0v) is 17.8. The molecule has 7 heteroatoms. The molecular weight excluding hydrogens is 382 g/mol. The van der Waals surface area contributed by atoms with E-state index < -0.39 is 0 Å². The van der Waals surface area contributed by atoms with Gasteiger partial charge in [-0.1, -0.05) is 29.5 Å². The zero-order valence-electron chi connectivity index (χ0n) is 17.0. The van der Waals surface area contributed by atoms with Gasteiger partial charge in [0.15, 0.2) is 0 Å². The first-order valence-corrected chi connectivity index (χ1v) is 11.3. The molecular formula is C22H29N5OS. The fourth-order valence-electron chi connectivity index (χ4n) is 4.56. The summed E-state index contributed by atoms with van der Waals surface area (Å²) in [5.41, 5.74) is 1.01. The molecule has 4 heterocycles. The summed E-state index contributed by atoms with van der Waals surface area (Å²) in [6, 6.07) is 10.8. The number of fused-ring (bicyclic) bond motifs is 3. The number of carbonyl (C=O) groups is 1. The van der Waals surface area contributed by atoms with Crippen LogP contribution in [0, 0.1) is 11.8 Å². The van der Waals surface area contributed by atoms with Crippen LogP contribution in [0.4, 0.5) is 0 Å². The Kier molecular flexibility index (Phi) is 6.35. The fourth-order valence-corrected chi connectivity index (χ4v) is 5.35. The minimum Gasteiger partial charge on any atom is -0.342 e. The second kappa shape index (κ2) is 9.13. The van der Waals surface area contributed by atoms with E-state index in [0.717, 1.165) is 43.9 Å². The first kappa shape index (κ1) is 20.2. The maximum Gasteiger partial charge on any atom is 0.227 e. The quantitative estimate of drug-likeness (QED) is 0.494. The lowest BCUT2D eigenvalue weighted by Crippen LogP contribution is -2.58. The largest absolute Gasteiger partial charge is 0.342 e. The van der Waals surface area contributed by atoms with Gasteiger partial charge in [-0.2, -0.15) is 0 Å². The minimum atomic E-state index is 0.124. The van der Waals surface area contributed by atoms with Gasteiger partial charge in [0.2, 0.25) is 5.91 Å². The van der Waals surface area contributed by atoms with Gasteiger partial charge in [0.05, 0.1) is 18.2 Å². The Balaban J connectivity index is 1.32. The molecule has 3 fully saturated rings. The number of carbonyl (C=O) groups excluding carboxylic acids is 1. The van der Waals surface area contributed by atoms with Crippen molar-refractivity contribution < 1.29 is 4.79 Å². The van der Waals surface area contributed by atoms with Gasteiger partial charge in [-0.25, -0.2) is 0 Å². The summed E-state index contributed by atoms with van der Waals surface area (Å²) in [7, 11) is 1.88. The maximum atomic E-state index is 12.8. The Morgan fingerprint density at radius 3 is 2.93 bits per heavy atom. The number of aromatic nitrogens is 3. The molecule has 3 aliphatic heterocycles. The highest BCUT2D eigenvalue weighted by Crippen LogP contribution is 2.37. The molecule has 3 aliphatic rings. The monoisotopic (exact) mass is 411 g/mol. The van der Waals surface area contributed by atoms with E-state index in [0.29, 0.717) is 18.5 Å². The Bertz CT molecular complexity index is 839. The second-order valence-electron chi connectivity index (χ2n) is 8.08. The van der Waals surface area contributed by atoms with Crippen LogP contribution in [0.2, 0.25) is 0 Å². The molecule has 2 bridgehead atoms. The van der Waals surface area contributed by atoms with Crippen molar-refractivity contribution in [3.63, 3.8) is 0 Å². The average Bonchev–Trinajstić information content (AvgIpc) is 3.20. The molecule has 0 N–H and O–H groups in total. The number of amides is 1. The molecule has 0 saturated carbocycles. The van der Waals surface area contributed by atoms with Crippen LogP contribution < -0.4 is 0 Å². The van der Waals surface area contributed by atoms with Crippen LogP contribution in [0.25, 0.3) is 0 Å². The van der Waals surface area contributed by atoms with E-state index in [4.69, 9.17) is 0 Å². The van der Waals surface area contributed by atoms with E-state index in [1.165, 1.54) is 4.90 Å². The van der Waals surface area contributed by atoms with Crippen molar-refractivity contribution in [3.8, 4) is 0 Å². The molecule has 1 aromatic carbocycles. The van der Waals surface area contributed by atoms with Crippen LogP contribution in [0.5, 0.6) is 0 Å². The lowest BCUT2D eigenvalue weighted by Gasteiger charge is -2.49. The van der Waals surface area contributed by atoms with Crippen molar-refractivity contribution in [2.45, 2.75) is 36.1 Å². The summed E-state index contributed by atoms with van der Waals surface area (Å²) in [6.07, 6.45) is 6.04. The highest BCUT2D eigenvalue weighted by atomic mass is 32.2. The van der Waals surface area contributed by atoms with E-state index in [1.807, 2.05) is 22.7 Å². The van der Waals surface area contributed by atoms with Crippen molar-refractivity contribution in [2.24, 2.45) is 11.8 Å². The first-order valence-electron chi connectivity index (χ1n) is 10.3. The summed E-state index contributed by atoms with van der Waals surface area (Å²) in [5.74, 6) is 1.69. The van der Waals surface area contributed by atoms with Crippen molar-refractivity contribution in [1.29, 1.82) is 0 Å². The first-order chi connectivity index (χ1) is 14.1. The number of nitrogens with zero attached hydrogens (tertiary/aromatic N) is 5. The normalized spacial score (nSPS) is 25.7. The van der Waals surface area contributed by atoms with Gasteiger partial charge < -0.3 is 4.90 Å². The lowest BCUT2D eigenvalue weighted by molar-refractivity contribution is -0.142. The standard InChI is InChI=1S/C22H29N5OS/c1-3-10-25(2)22(28)21-15-26-11-9-17(21)12-19(26)14-27-13-18(23-24-27)16-29-20-7-5-4-6-8-20/h3-8,13,17,19,21H,1,9-12,14-16H2,2H3/t17-,19-,21+/m1/s1. The van der Waals surface area contributed by atoms with Crippen molar-refractivity contribution in [1.82, 2.24) is 24.8 Å². The van der Waals surface area contributed by atoms with Crippen LogP contribution in [-0.4, -0.2) is 63.4 Å². The predicted octanol–water partition coefficient (Wildman–Crippen LogP) is 2.93. The number of thioether (sulfide) groups is 1. The van der Waals surface area contributed by atoms with Gasteiger partial charge in [0, 0.05) is 43.0 Å². The molecule has 154 valence electrons. The molecule has 5 rings (SSSR count). The Morgan fingerprint density at radius 2 is 2.21 bits per heavy atom. The van der Waals surface area contributed by atoms with Crippen LogP contribution in [0.1, 0.15) is 18.5 Å². The summed E-state index contributed by atoms with van der Waals surface area (Å²) in [6.45, 7) is 7.16. The van der Waals surface area contributed by atoms with Crippen LogP contribution >= 0.6 is 11.8 Å². The van der Waals surface area contributed by atoms with E-state index in [-0.39, 0.29) is 11.8 Å². The summed E-state index contributed by atoms with van der Waals surface area (Å²) >= 11 is 1.78. The van der Waals surface area contributed by atoms with Gasteiger partial charge in [-0.3, -0.25) is 14.4 Å². The number of likely N-dealkylation sites (N-methyl/N-ethyl adjacent to an activating group) is 1. The second-order valence-corrected chi connectivity index (χ2v) is 9.13. The third-order valence-corrected chi connectivity index (χ3v) is 7.13. The average molecular weight is 412 g/mol. The highest BCUT2D eigenvalue weighted by molar-refractivity contribution is 7.98.